The second kappa shape index (κ2) is 3.00. The lowest BCUT2D eigenvalue weighted by atomic mass is 10.0. The van der Waals surface area contributed by atoms with E-state index in [0.717, 1.165) is 6.54 Å². The molecule has 0 spiro atoms. The normalized spacial score (nSPS) is 19.6. The van der Waals surface area contributed by atoms with Crippen molar-refractivity contribution in [2.75, 3.05) is 0 Å². The van der Waals surface area contributed by atoms with Crippen molar-refractivity contribution in [3.8, 4) is 0 Å². The van der Waals surface area contributed by atoms with Crippen LogP contribution in [0.1, 0.15) is 22.9 Å². The number of nitrogens with one attached hydrogen (secondary N) is 2. The zero-order valence-electron chi connectivity index (χ0n) is 7.83. The summed E-state index contributed by atoms with van der Waals surface area (Å²) in [6, 6.07) is 13.1. The van der Waals surface area contributed by atoms with Gasteiger partial charge in [0.2, 0.25) is 0 Å². The first kappa shape index (κ1) is 7.83. The molecule has 2 N–H and O–H groups in total. The molecule has 0 saturated carbocycles. The molecule has 1 unspecified atom stereocenters. The van der Waals surface area contributed by atoms with Crippen LogP contribution in [-0.4, -0.2) is 4.98 Å². The van der Waals surface area contributed by atoms with E-state index in [1.165, 1.54) is 16.8 Å². The number of fused-ring (bicyclic) bond motifs is 1. The van der Waals surface area contributed by atoms with Gasteiger partial charge in [0.1, 0.15) is 0 Å². The predicted octanol–water partition coefficient (Wildman–Crippen LogP) is 2.21. The van der Waals surface area contributed by atoms with Crippen LogP contribution in [0.25, 0.3) is 0 Å². The summed E-state index contributed by atoms with van der Waals surface area (Å²) < 4.78 is 0. The molecule has 0 saturated heterocycles. The molecule has 2 aromatic rings. The lowest BCUT2D eigenvalue weighted by Crippen LogP contribution is -2.13. The van der Waals surface area contributed by atoms with Crippen molar-refractivity contribution in [3.05, 3.63) is 59.4 Å². The average molecular weight is 184 g/mol. The Bertz CT molecular complexity index is 431. The van der Waals surface area contributed by atoms with Crippen LogP contribution in [0.15, 0.2) is 42.6 Å². The van der Waals surface area contributed by atoms with Crippen LogP contribution in [0.4, 0.5) is 0 Å². The minimum Gasteiger partial charge on any atom is -0.363 e. The van der Waals surface area contributed by atoms with E-state index in [2.05, 4.69) is 40.6 Å². The summed E-state index contributed by atoms with van der Waals surface area (Å²) in [5, 5.41) is 3.49. The molecule has 2 heteroatoms. The standard InChI is InChI=1S/C12H12N2/c1-2-5-10-9(4-1)8-14-12(10)11-6-3-7-13-11/h1-7,12-14H,8H2. The van der Waals surface area contributed by atoms with Crippen LogP contribution in [0.5, 0.6) is 0 Å². The molecule has 1 aromatic heterocycles. The van der Waals surface area contributed by atoms with Crippen LogP contribution >= 0.6 is 0 Å². The summed E-state index contributed by atoms with van der Waals surface area (Å²) >= 11 is 0. The van der Waals surface area contributed by atoms with Crippen LogP contribution in [0.2, 0.25) is 0 Å². The van der Waals surface area contributed by atoms with E-state index in [9.17, 15) is 0 Å². The zero-order chi connectivity index (χ0) is 9.38. The van der Waals surface area contributed by atoms with Crippen molar-refractivity contribution in [3.63, 3.8) is 0 Å². The van der Waals surface area contributed by atoms with E-state index in [1.807, 2.05) is 12.3 Å². The molecular formula is C12H12N2. The summed E-state index contributed by atoms with van der Waals surface area (Å²) in [7, 11) is 0. The van der Waals surface area contributed by atoms with Gasteiger partial charge in [0, 0.05) is 18.4 Å². The zero-order valence-corrected chi connectivity index (χ0v) is 7.83. The van der Waals surface area contributed by atoms with Crippen molar-refractivity contribution < 1.29 is 0 Å². The van der Waals surface area contributed by atoms with Gasteiger partial charge in [-0.15, -0.1) is 0 Å². The maximum absolute atomic E-state index is 3.49. The van der Waals surface area contributed by atoms with Crippen LogP contribution in [-0.2, 0) is 6.54 Å². The van der Waals surface area contributed by atoms with Gasteiger partial charge in [-0.05, 0) is 23.3 Å². The van der Waals surface area contributed by atoms with E-state index in [-0.39, 0.29) is 0 Å². The number of aromatic amines is 1. The molecule has 1 aromatic carbocycles. The Labute approximate surface area is 83.0 Å². The Balaban J connectivity index is 2.06. The van der Waals surface area contributed by atoms with Crippen molar-refractivity contribution >= 4 is 0 Å². The highest BCUT2D eigenvalue weighted by molar-refractivity contribution is 5.38. The fourth-order valence-electron chi connectivity index (χ4n) is 2.10. The minimum atomic E-state index is 0.348. The van der Waals surface area contributed by atoms with E-state index in [0.29, 0.717) is 6.04 Å². The first-order valence-corrected chi connectivity index (χ1v) is 4.89. The Morgan fingerprint density at radius 1 is 1.07 bits per heavy atom. The number of hydrogen-bond acceptors (Lipinski definition) is 1. The van der Waals surface area contributed by atoms with Crippen molar-refractivity contribution in [1.82, 2.24) is 10.3 Å². The van der Waals surface area contributed by atoms with Crippen molar-refractivity contribution in [1.29, 1.82) is 0 Å². The third-order valence-corrected chi connectivity index (χ3v) is 2.80. The third kappa shape index (κ3) is 1.08. The van der Waals surface area contributed by atoms with Gasteiger partial charge in [0.15, 0.2) is 0 Å². The largest absolute Gasteiger partial charge is 0.363 e. The number of hydrogen-bond donors (Lipinski definition) is 2. The summed E-state index contributed by atoms with van der Waals surface area (Å²) in [4.78, 5) is 3.26. The third-order valence-electron chi connectivity index (χ3n) is 2.80. The number of rotatable bonds is 1. The molecule has 1 aliphatic rings. The molecule has 1 atom stereocenters. The van der Waals surface area contributed by atoms with Crippen molar-refractivity contribution in [2.45, 2.75) is 12.6 Å². The second-order valence-electron chi connectivity index (χ2n) is 3.64. The lowest BCUT2D eigenvalue weighted by molar-refractivity contribution is 0.654. The molecule has 0 bridgehead atoms. The van der Waals surface area contributed by atoms with Crippen LogP contribution in [0, 0.1) is 0 Å². The second-order valence-corrected chi connectivity index (χ2v) is 3.64. The van der Waals surface area contributed by atoms with Gasteiger partial charge in [-0.2, -0.15) is 0 Å². The lowest BCUT2D eigenvalue weighted by Gasteiger charge is -2.09. The summed E-state index contributed by atoms with van der Waals surface area (Å²) in [5.41, 5.74) is 4.05. The minimum absolute atomic E-state index is 0.348. The van der Waals surface area contributed by atoms with Gasteiger partial charge in [-0.1, -0.05) is 24.3 Å². The Kier molecular flexibility index (Phi) is 1.67. The number of aromatic nitrogens is 1. The molecule has 0 aliphatic carbocycles. The SMILES string of the molecule is c1c[nH]c(C2NCc3ccccc32)c1. The van der Waals surface area contributed by atoms with E-state index in [4.69, 9.17) is 0 Å². The van der Waals surface area contributed by atoms with E-state index < -0.39 is 0 Å². The molecule has 2 heterocycles. The van der Waals surface area contributed by atoms with Gasteiger partial charge < -0.3 is 10.3 Å². The average Bonchev–Trinajstić information content (AvgIpc) is 2.85. The molecule has 1 aliphatic heterocycles. The number of benzene rings is 1. The Hall–Kier alpha value is -1.54. The van der Waals surface area contributed by atoms with Gasteiger partial charge in [-0.3, -0.25) is 0 Å². The first-order chi connectivity index (χ1) is 6.95. The van der Waals surface area contributed by atoms with Crippen molar-refractivity contribution in [2.24, 2.45) is 0 Å². The molecule has 0 amide bonds. The molecule has 14 heavy (non-hydrogen) atoms. The summed E-state index contributed by atoms with van der Waals surface area (Å²) in [5.74, 6) is 0. The monoisotopic (exact) mass is 184 g/mol. The summed E-state index contributed by atoms with van der Waals surface area (Å²) in [6.07, 6.45) is 1.97. The number of H-pyrrole nitrogens is 1. The molecule has 2 nitrogen and oxygen atoms in total. The van der Waals surface area contributed by atoms with Crippen LogP contribution in [0.3, 0.4) is 0 Å². The van der Waals surface area contributed by atoms with Gasteiger partial charge >= 0.3 is 0 Å². The van der Waals surface area contributed by atoms with Gasteiger partial charge in [0.05, 0.1) is 6.04 Å². The van der Waals surface area contributed by atoms with E-state index >= 15 is 0 Å². The topological polar surface area (TPSA) is 27.8 Å². The van der Waals surface area contributed by atoms with Gasteiger partial charge in [0.25, 0.3) is 0 Å². The maximum atomic E-state index is 3.49. The highest BCUT2D eigenvalue weighted by Gasteiger charge is 2.22. The quantitative estimate of drug-likeness (QED) is 0.698. The van der Waals surface area contributed by atoms with E-state index in [1.54, 1.807) is 0 Å². The molecular weight excluding hydrogens is 172 g/mol. The summed E-state index contributed by atoms with van der Waals surface area (Å²) in [6.45, 7) is 0.972. The van der Waals surface area contributed by atoms with Crippen LogP contribution < -0.4 is 5.32 Å². The molecule has 0 radical (unpaired) electrons. The predicted molar refractivity (Wildman–Crippen MR) is 55.9 cm³/mol. The Morgan fingerprint density at radius 2 is 2.00 bits per heavy atom. The first-order valence-electron chi connectivity index (χ1n) is 4.89. The highest BCUT2D eigenvalue weighted by Crippen LogP contribution is 2.29. The molecule has 0 fully saturated rings. The molecule has 3 rings (SSSR count). The molecule has 70 valence electrons. The highest BCUT2D eigenvalue weighted by atomic mass is 15.0. The Morgan fingerprint density at radius 3 is 2.86 bits per heavy atom. The smallest absolute Gasteiger partial charge is 0.0734 e. The van der Waals surface area contributed by atoms with Gasteiger partial charge in [-0.25, -0.2) is 0 Å². The fraction of sp³-hybridized carbons (Fsp3) is 0.167. The maximum Gasteiger partial charge on any atom is 0.0734 e. The fourth-order valence-corrected chi connectivity index (χ4v) is 2.10.